The molecular formula is C18H28N2O3. The van der Waals surface area contributed by atoms with E-state index in [1.807, 2.05) is 18.2 Å². The number of methoxy groups -OCH3 is 1. The Bertz CT molecular complexity index is 499. The monoisotopic (exact) mass is 320 g/mol. The first-order valence-corrected chi connectivity index (χ1v) is 8.52. The number of hydrogen-bond donors (Lipinski definition) is 2. The Hall–Kier alpha value is -1.75. The maximum Gasteiger partial charge on any atom is 0.224 e. The standard InChI is InChI=1S/C18H28N2O3/c1-3-4-10-23-16-8-7-14(11-17(16)22-2)12-20-18(21)15-6-5-9-19-13-15/h7-8,11,15,19H,3-6,9-10,12-13H2,1-2H3,(H,20,21). The minimum absolute atomic E-state index is 0.0855. The minimum Gasteiger partial charge on any atom is -0.493 e. The van der Waals surface area contributed by atoms with E-state index in [0.717, 1.165) is 50.1 Å². The Labute approximate surface area is 138 Å². The first-order valence-electron chi connectivity index (χ1n) is 8.52. The fourth-order valence-electron chi connectivity index (χ4n) is 2.68. The molecule has 5 nitrogen and oxygen atoms in total. The summed E-state index contributed by atoms with van der Waals surface area (Å²) in [6, 6.07) is 5.82. The molecule has 0 aliphatic carbocycles. The summed E-state index contributed by atoms with van der Waals surface area (Å²) in [6.45, 7) is 5.13. The molecule has 2 N–H and O–H groups in total. The van der Waals surface area contributed by atoms with Crippen molar-refractivity contribution in [3.8, 4) is 11.5 Å². The van der Waals surface area contributed by atoms with Crippen molar-refractivity contribution in [3.63, 3.8) is 0 Å². The molecule has 0 aromatic heterocycles. The van der Waals surface area contributed by atoms with Crippen LogP contribution < -0.4 is 20.1 Å². The van der Waals surface area contributed by atoms with Gasteiger partial charge in [-0.05, 0) is 43.5 Å². The van der Waals surface area contributed by atoms with E-state index in [9.17, 15) is 4.79 Å². The minimum atomic E-state index is 0.0855. The largest absolute Gasteiger partial charge is 0.493 e. The Kier molecular flexibility index (Phi) is 7.20. The Morgan fingerprint density at radius 2 is 2.26 bits per heavy atom. The average molecular weight is 320 g/mol. The fourth-order valence-corrected chi connectivity index (χ4v) is 2.68. The third-order valence-electron chi connectivity index (χ3n) is 4.12. The molecule has 1 aromatic rings. The van der Waals surface area contributed by atoms with Crippen molar-refractivity contribution in [1.29, 1.82) is 0 Å². The Morgan fingerprint density at radius 3 is 2.96 bits per heavy atom. The van der Waals surface area contributed by atoms with Crippen LogP contribution in [0.3, 0.4) is 0 Å². The lowest BCUT2D eigenvalue weighted by Crippen LogP contribution is -2.40. The van der Waals surface area contributed by atoms with Gasteiger partial charge in [-0.15, -0.1) is 0 Å². The molecule has 0 spiro atoms. The molecule has 1 atom stereocenters. The number of hydrogen-bond acceptors (Lipinski definition) is 4. The van der Waals surface area contributed by atoms with Gasteiger partial charge in [-0.2, -0.15) is 0 Å². The summed E-state index contributed by atoms with van der Waals surface area (Å²) in [6.07, 6.45) is 4.15. The number of rotatable bonds is 8. The van der Waals surface area contributed by atoms with Crippen molar-refractivity contribution in [2.45, 2.75) is 39.2 Å². The molecule has 2 rings (SSSR count). The van der Waals surface area contributed by atoms with Gasteiger partial charge in [0.05, 0.1) is 19.6 Å². The predicted molar refractivity (Wildman–Crippen MR) is 90.8 cm³/mol. The first-order chi connectivity index (χ1) is 11.2. The number of ether oxygens (including phenoxy) is 2. The van der Waals surface area contributed by atoms with E-state index in [4.69, 9.17) is 9.47 Å². The third kappa shape index (κ3) is 5.43. The molecular weight excluding hydrogens is 292 g/mol. The lowest BCUT2D eigenvalue weighted by Gasteiger charge is -2.22. The molecule has 1 aliphatic heterocycles. The maximum atomic E-state index is 12.2. The molecule has 1 aliphatic rings. The first kappa shape index (κ1) is 17.6. The highest BCUT2D eigenvalue weighted by molar-refractivity contribution is 5.79. The molecule has 0 saturated carbocycles. The molecule has 1 saturated heterocycles. The summed E-state index contributed by atoms with van der Waals surface area (Å²) in [7, 11) is 1.64. The van der Waals surface area contributed by atoms with E-state index in [1.54, 1.807) is 7.11 Å². The van der Waals surface area contributed by atoms with Gasteiger partial charge in [-0.3, -0.25) is 4.79 Å². The van der Waals surface area contributed by atoms with Crippen LogP contribution in [0.1, 0.15) is 38.2 Å². The zero-order chi connectivity index (χ0) is 16.5. The number of carbonyl (C=O) groups is 1. The van der Waals surface area contributed by atoms with Crippen LogP contribution in [0.4, 0.5) is 0 Å². The highest BCUT2D eigenvalue weighted by Crippen LogP contribution is 2.28. The van der Waals surface area contributed by atoms with Gasteiger partial charge >= 0.3 is 0 Å². The lowest BCUT2D eigenvalue weighted by atomic mass is 9.99. The van der Waals surface area contributed by atoms with Crippen LogP contribution in [0.5, 0.6) is 11.5 Å². The molecule has 0 bridgehead atoms. The maximum absolute atomic E-state index is 12.2. The highest BCUT2D eigenvalue weighted by atomic mass is 16.5. The molecule has 23 heavy (non-hydrogen) atoms. The van der Waals surface area contributed by atoms with E-state index in [1.165, 1.54) is 0 Å². The van der Waals surface area contributed by atoms with E-state index in [0.29, 0.717) is 18.9 Å². The number of benzene rings is 1. The summed E-state index contributed by atoms with van der Waals surface area (Å²) in [5.41, 5.74) is 1.02. The zero-order valence-electron chi connectivity index (χ0n) is 14.2. The fraction of sp³-hybridized carbons (Fsp3) is 0.611. The summed E-state index contributed by atoms with van der Waals surface area (Å²) in [5.74, 6) is 1.68. The van der Waals surface area contributed by atoms with Crippen molar-refractivity contribution in [3.05, 3.63) is 23.8 Å². The highest BCUT2D eigenvalue weighted by Gasteiger charge is 2.20. The smallest absolute Gasteiger partial charge is 0.224 e. The molecule has 128 valence electrons. The number of unbranched alkanes of at least 4 members (excludes halogenated alkanes) is 1. The van der Waals surface area contributed by atoms with Gasteiger partial charge in [0.1, 0.15) is 0 Å². The second-order valence-corrected chi connectivity index (χ2v) is 5.95. The quantitative estimate of drug-likeness (QED) is 0.723. The average Bonchev–Trinajstić information content (AvgIpc) is 2.61. The topological polar surface area (TPSA) is 59.6 Å². The number of piperidine rings is 1. The third-order valence-corrected chi connectivity index (χ3v) is 4.12. The number of amides is 1. The SMILES string of the molecule is CCCCOc1ccc(CNC(=O)C2CCCNC2)cc1OC. The van der Waals surface area contributed by atoms with Gasteiger partial charge in [0.2, 0.25) is 5.91 Å². The van der Waals surface area contributed by atoms with E-state index in [2.05, 4.69) is 17.6 Å². The van der Waals surface area contributed by atoms with Gasteiger partial charge in [-0.1, -0.05) is 19.4 Å². The molecule has 1 heterocycles. The van der Waals surface area contributed by atoms with E-state index < -0.39 is 0 Å². The van der Waals surface area contributed by atoms with Gasteiger partial charge in [-0.25, -0.2) is 0 Å². The molecule has 1 unspecified atom stereocenters. The summed E-state index contributed by atoms with van der Waals surface area (Å²) >= 11 is 0. The number of nitrogens with one attached hydrogen (secondary N) is 2. The molecule has 0 radical (unpaired) electrons. The van der Waals surface area contributed by atoms with Crippen LogP contribution in [0.15, 0.2) is 18.2 Å². The molecule has 1 amide bonds. The van der Waals surface area contributed by atoms with Crippen molar-refractivity contribution in [2.75, 3.05) is 26.8 Å². The Balaban J connectivity index is 1.88. The van der Waals surface area contributed by atoms with Gasteiger partial charge in [0.15, 0.2) is 11.5 Å². The van der Waals surface area contributed by atoms with E-state index in [-0.39, 0.29) is 11.8 Å². The summed E-state index contributed by atoms with van der Waals surface area (Å²) < 4.78 is 11.1. The van der Waals surface area contributed by atoms with Crippen molar-refractivity contribution in [2.24, 2.45) is 5.92 Å². The molecule has 1 fully saturated rings. The second kappa shape index (κ2) is 9.40. The van der Waals surface area contributed by atoms with Gasteiger partial charge < -0.3 is 20.1 Å². The van der Waals surface area contributed by atoms with Crippen molar-refractivity contribution >= 4 is 5.91 Å². The normalized spacial score (nSPS) is 17.6. The van der Waals surface area contributed by atoms with Crippen LogP contribution in [0, 0.1) is 5.92 Å². The molecule has 5 heteroatoms. The van der Waals surface area contributed by atoms with Gasteiger partial charge in [0, 0.05) is 13.1 Å². The lowest BCUT2D eigenvalue weighted by molar-refractivity contribution is -0.125. The van der Waals surface area contributed by atoms with Crippen LogP contribution in [0.2, 0.25) is 0 Å². The van der Waals surface area contributed by atoms with Crippen LogP contribution in [0.25, 0.3) is 0 Å². The predicted octanol–water partition coefficient (Wildman–Crippen LogP) is 2.49. The van der Waals surface area contributed by atoms with Gasteiger partial charge in [0.25, 0.3) is 0 Å². The summed E-state index contributed by atoms with van der Waals surface area (Å²) in [4.78, 5) is 12.2. The zero-order valence-corrected chi connectivity index (χ0v) is 14.2. The van der Waals surface area contributed by atoms with Crippen molar-refractivity contribution < 1.29 is 14.3 Å². The molecule has 1 aromatic carbocycles. The van der Waals surface area contributed by atoms with Crippen molar-refractivity contribution in [1.82, 2.24) is 10.6 Å². The Morgan fingerprint density at radius 1 is 1.39 bits per heavy atom. The van der Waals surface area contributed by atoms with Crippen LogP contribution >= 0.6 is 0 Å². The van der Waals surface area contributed by atoms with Crippen LogP contribution in [-0.2, 0) is 11.3 Å². The van der Waals surface area contributed by atoms with Crippen LogP contribution in [-0.4, -0.2) is 32.7 Å². The van der Waals surface area contributed by atoms with E-state index >= 15 is 0 Å². The number of carbonyl (C=O) groups excluding carboxylic acids is 1. The second-order valence-electron chi connectivity index (χ2n) is 5.95. The summed E-state index contributed by atoms with van der Waals surface area (Å²) in [5, 5.41) is 6.28.